The summed E-state index contributed by atoms with van der Waals surface area (Å²) in [6, 6.07) is 58.8. The first kappa shape index (κ1) is 52.8. The van der Waals surface area contributed by atoms with E-state index in [4.69, 9.17) is 0 Å². The molecule has 0 saturated carbocycles. The van der Waals surface area contributed by atoms with Crippen molar-refractivity contribution in [2.45, 2.75) is 188 Å². The van der Waals surface area contributed by atoms with E-state index >= 15 is 0 Å². The third-order valence-corrected chi connectivity index (χ3v) is 21.0. The number of hydrogen-bond acceptors (Lipinski definition) is 2. The van der Waals surface area contributed by atoms with Gasteiger partial charge in [-0.3, -0.25) is 0 Å². The number of rotatable bonds is 3. The number of aryl methyl sites for hydroxylation is 1. The maximum atomic E-state index is 2.73. The molecule has 2 heterocycles. The van der Waals surface area contributed by atoms with Crippen LogP contribution in [0.5, 0.6) is 0 Å². The fourth-order valence-corrected chi connectivity index (χ4v) is 15.8. The van der Waals surface area contributed by atoms with Crippen LogP contribution in [0.2, 0.25) is 0 Å². The van der Waals surface area contributed by atoms with Gasteiger partial charge < -0.3 is 9.80 Å². The van der Waals surface area contributed by atoms with Gasteiger partial charge in [-0.2, -0.15) is 0 Å². The average molecular weight is 1050 g/mol. The lowest BCUT2D eigenvalue weighted by Gasteiger charge is -2.49. The van der Waals surface area contributed by atoms with E-state index < -0.39 is 0 Å². The smallest absolute Gasteiger partial charge is 0.252 e. The van der Waals surface area contributed by atoms with Gasteiger partial charge in [0.25, 0.3) is 6.71 Å². The summed E-state index contributed by atoms with van der Waals surface area (Å²) in [6.45, 7) is 46.0. The summed E-state index contributed by atoms with van der Waals surface area (Å²) in [6.07, 6.45) is 2.30. The normalized spacial score (nSPS) is 18.9. The van der Waals surface area contributed by atoms with Crippen molar-refractivity contribution in [1.29, 1.82) is 0 Å². The first-order valence-corrected chi connectivity index (χ1v) is 30.1. The Morgan fingerprint density at radius 1 is 0.362 bits per heavy atom. The molecular formula is C77H85BN2. The maximum Gasteiger partial charge on any atom is 0.252 e. The van der Waals surface area contributed by atoms with Gasteiger partial charge in [0, 0.05) is 55.7 Å². The Balaban J connectivity index is 1.16. The van der Waals surface area contributed by atoms with Crippen LogP contribution in [0.15, 0.2) is 146 Å². The monoisotopic (exact) mass is 1050 g/mol. The fraction of sp³-hybridized carbons (Fsp3) is 0.377. The standard InChI is InChI=1S/C77H85BN2/c1-46-38-67-69-68(39-46)80(64-35-32-49(71(5,6)7)40-51(64)47-28-30-48(31-29-47)70(2,3)4)66-44-58-57(72(8,9)36-37-73(58,10)11)42-62(66)78(69)63-43-60-61(77(18,19)55-27-23-22-26-54(55)76(60,16)17)45-65(63)79(67)50-33-34-56-59(41-50)75(14,15)53-25-21-20-24-52(53)74(56,12)13/h20-35,38-45H,36-37H2,1-19H3. The first-order valence-electron chi connectivity index (χ1n) is 30.1. The van der Waals surface area contributed by atoms with Crippen molar-refractivity contribution in [1.82, 2.24) is 0 Å². The Kier molecular flexibility index (Phi) is 11.1. The highest BCUT2D eigenvalue weighted by Gasteiger charge is 2.50. The predicted molar refractivity (Wildman–Crippen MR) is 345 cm³/mol. The second kappa shape index (κ2) is 16.8. The molecule has 8 aromatic rings. The van der Waals surface area contributed by atoms with E-state index in [1.165, 1.54) is 134 Å². The molecule has 0 radical (unpaired) electrons. The Morgan fingerprint density at radius 3 is 1.30 bits per heavy atom. The summed E-state index contributed by atoms with van der Waals surface area (Å²) in [5.74, 6) is 0. The third-order valence-electron chi connectivity index (χ3n) is 21.0. The van der Waals surface area contributed by atoms with Crippen molar-refractivity contribution >= 4 is 57.2 Å². The number of anilines is 6. The Morgan fingerprint density at radius 2 is 0.775 bits per heavy atom. The molecule has 406 valence electrons. The molecule has 2 aliphatic heterocycles. The van der Waals surface area contributed by atoms with Crippen LogP contribution in [0.3, 0.4) is 0 Å². The Hall–Kier alpha value is -6.58. The van der Waals surface area contributed by atoms with Gasteiger partial charge in [0.1, 0.15) is 0 Å². The third kappa shape index (κ3) is 7.43. The Labute approximate surface area is 481 Å². The molecule has 0 N–H and O–H groups in total. The van der Waals surface area contributed by atoms with E-state index in [0.717, 1.165) is 12.8 Å². The van der Waals surface area contributed by atoms with Crippen LogP contribution >= 0.6 is 0 Å². The second-order valence-corrected chi connectivity index (χ2v) is 30.6. The molecule has 80 heavy (non-hydrogen) atoms. The van der Waals surface area contributed by atoms with E-state index in [2.05, 4.69) is 287 Å². The van der Waals surface area contributed by atoms with Crippen LogP contribution in [0.4, 0.5) is 34.1 Å². The van der Waals surface area contributed by atoms with E-state index in [1.54, 1.807) is 0 Å². The van der Waals surface area contributed by atoms with Gasteiger partial charge in [-0.05, 0) is 184 Å². The zero-order valence-electron chi connectivity index (χ0n) is 51.7. The van der Waals surface area contributed by atoms with Crippen LogP contribution in [-0.4, -0.2) is 6.71 Å². The summed E-state index contributed by atoms with van der Waals surface area (Å²) >= 11 is 0. The molecule has 3 heteroatoms. The quantitative estimate of drug-likeness (QED) is 0.163. The molecule has 0 fully saturated rings. The van der Waals surface area contributed by atoms with Crippen molar-refractivity contribution in [3.05, 3.63) is 218 Å². The highest BCUT2D eigenvalue weighted by atomic mass is 15.2. The number of fused-ring (bicyclic) bond motifs is 9. The SMILES string of the molecule is Cc1cc2c3c(c1)N(c1ccc(C(C)(C)C)cc1-c1ccc(C(C)(C)C)cc1)c1cc4c(cc1B3c1cc3c(cc1N2c1ccc2c(c1)C(C)(C)c1ccccc1C2(C)C)C(C)(C)c1ccccc1C3(C)C)C(C)(C)CCC4(C)C. The maximum absolute atomic E-state index is 2.73. The molecule has 13 rings (SSSR count). The first-order chi connectivity index (χ1) is 37.3. The van der Waals surface area contributed by atoms with Crippen molar-refractivity contribution < 1.29 is 0 Å². The van der Waals surface area contributed by atoms with Crippen molar-refractivity contribution in [3.63, 3.8) is 0 Å². The van der Waals surface area contributed by atoms with Crippen molar-refractivity contribution in [2.75, 3.05) is 9.80 Å². The van der Waals surface area contributed by atoms with E-state index in [-0.39, 0.29) is 50.0 Å². The molecule has 0 saturated heterocycles. The molecule has 0 aromatic heterocycles. The summed E-state index contributed by atoms with van der Waals surface area (Å²) in [5, 5.41) is 0. The summed E-state index contributed by atoms with van der Waals surface area (Å²) in [7, 11) is 0. The molecule has 0 amide bonds. The van der Waals surface area contributed by atoms with Crippen LogP contribution in [0.1, 0.15) is 210 Å². The highest BCUT2D eigenvalue weighted by Crippen LogP contribution is 2.57. The summed E-state index contributed by atoms with van der Waals surface area (Å²) in [4.78, 5) is 5.45. The zero-order valence-corrected chi connectivity index (χ0v) is 51.7. The minimum atomic E-state index is -0.234. The van der Waals surface area contributed by atoms with Gasteiger partial charge in [-0.1, -0.05) is 222 Å². The molecular weight excluding hydrogens is 964 g/mol. The van der Waals surface area contributed by atoms with Crippen LogP contribution in [0.25, 0.3) is 11.1 Å². The molecule has 0 spiro atoms. The molecule has 2 nitrogen and oxygen atoms in total. The molecule has 8 aromatic carbocycles. The van der Waals surface area contributed by atoms with Gasteiger partial charge in [0.15, 0.2) is 0 Å². The minimum Gasteiger partial charge on any atom is -0.311 e. The summed E-state index contributed by atoms with van der Waals surface area (Å²) in [5.41, 5.74) is 31.7. The molecule has 5 aliphatic rings. The van der Waals surface area contributed by atoms with Crippen LogP contribution < -0.4 is 26.2 Å². The van der Waals surface area contributed by atoms with Gasteiger partial charge in [-0.25, -0.2) is 0 Å². The van der Waals surface area contributed by atoms with E-state index in [0.29, 0.717) is 0 Å². The van der Waals surface area contributed by atoms with Crippen molar-refractivity contribution in [2.24, 2.45) is 0 Å². The van der Waals surface area contributed by atoms with Gasteiger partial charge >= 0.3 is 0 Å². The average Bonchev–Trinajstić information content (AvgIpc) is 2.66. The number of hydrogen-bond donors (Lipinski definition) is 0. The largest absolute Gasteiger partial charge is 0.311 e. The minimum absolute atomic E-state index is 0.00392. The van der Waals surface area contributed by atoms with Crippen LogP contribution in [0, 0.1) is 6.92 Å². The lowest BCUT2D eigenvalue weighted by atomic mass is 9.32. The number of nitrogens with zero attached hydrogens (tertiary/aromatic N) is 2. The van der Waals surface area contributed by atoms with Gasteiger partial charge in [-0.15, -0.1) is 0 Å². The van der Waals surface area contributed by atoms with E-state index in [1.807, 2.05) is 0 Å². The van der Waals surface area contributed by atoms with Crippen LogP contribution in [-0.2, 0) is 43.3 Å². The fourth-order valence-electron chi connectivity index (χ4n) is 15.8. The lowest BCUT2D eigenvalue weighted by Crippen LogP contribution is -2.62. The molecule has 0 atom stereocenters. The predicted octanol–water partition coefficient (Wildman–Crippen LogP) is 18.6. The highest BCUT2D eigenvalue weighted by molar-refractivity contribution is 7.00. The topological polar surface area (TPSA) is 6.48 Å². The zero-order chi connectivity index (χ0) is 57.0. The summed E-state index contributed by atoms with van der Waals surface area (Å²) < 4.78 is 0. The second-order valence-electron chi connectivity index (χ2n) is 30.6. The molecule has 3 aliphatic carbocycles. The Bertz CT molecular complexity index is 3930. The molecule has 0 bridgehead atoms. The van der Waals surface area contributed by atoms with Gasteiger partial charge in [0.2, 0.25) is 0 Å². The van der Waals surface area contributed by atoms with Gasteiger partial charge in [0.05, 0.1) is 5.69 Å². The lowest BCUT2D eigenvalue weighted by molar-refractivity contribution is 0.332. The number of benzene rings is 8. The molecule has 0 unspecified atom stereocenters. The van der Waals surface area contributed by atoms with Crippen molar-refractivity contribution in [3.8, 4) is 11.1 Å². The van der Waals surface area contributed by atoms with E-state index in [9.17, 15) is 0 Å².